The highest BCUT2D eigenvalue weighted by Gasteiger charge is 2.26. The molecule has 9 nitrogen and oxygen atoms in total. The van der Waals surface area contributed by atoms with Crippen LogP contribution in [0.25, 0.3) is 11.1 Å². The van der Waals surface area contributed by atoms with Gasteiger partial charge in [0, 0.05) is 11.8 Å². The lowest BCUT2D eigenvalue weighted by Gasteiger charge is -2.13. The topological polar surface area (TPSA) is 156 Å². The van der Waals surface area contributed by atoms with E-state index in [9.17, 15) is 24.6 Å². The number of benzene rings is 1. The average molecular weight is 381 g/mol. The molecular weight excluding hydrogens is 366 g/mol. The Labute approximate surface area is 158 Å². The molecule has 0 spiro atoms. The minimum absolute atomic E-state index is 0.152. The van der Waals surface area contributed by atoms with Crippen LogP contribution in [0, 0.1) is 0 Å². The van der Waals surface area contributed by atoms with Gasteiger partial charge in [-0.15, -0.1) is 0 Å². The Morgan fingerprint density at radius 2 is 1.82 bits per heavy atom. The quantitative estimate of drug-likeness (QED) is 0.505. The summed E-state index contributed by atoms with van der Waals surface area (Å²) in [4.78, 5) is 41.6. The minimum atomic E-state index is -1.57. The molecular formula is C19H15N3O6. The third-order valence-corrected chi connectivity index (χ3v) is 3.91. The Bertz CT molecular complexity index is 1110. The van der Waals surface area contributed by atoms with Gasteiger partial charge < -0.3 is 25.7 Å². The first-order chi connectivity index (χ1) is 13.4. The number of pyridine rings is 2. The number of anilines is 1. The van der Waals surface area contributed by atoms with Gasteiger partial charge in [0.05, 0.1) is 5.69 Å². The normalized spacial score (nSPS) is 10.4. The van der Waals surface area contributed by atoms with Crippen LogP contribution < -0.4 is 16.0 Å². The van der Waals surface area contributed by atoms with E-state index in [1.165, 1.54) is 12.1 Å². The van der Waals surface area contributed by atoms with Gasteiger partial charge >= 0.3 is 11.9 Å². The van der Waals surface area contributed by atoms with Crippen LogP contribution in [0.3, 0.4) is 0 Å². The number of hydrogen-bond donors (Lipinski definition) is 4. The van der Waals surface area contributed by atoms with E-state index in [0.29, 0.717) is 11.4 Å². The predicted molar refractivity (Wildman–Crippen MR) is 99.4 cm³/mol. The van der Waals surface area contributed by atoms with Crippen LogP contribution in [-0.4, -0.2) is 32.1 Å². The summed E-state index contributed by atoms with van der Waals surface area (Å²) in [5.41, 5.74) is 3.98. The lowest BCUT2D eigenvalue weighted by molar-refractivity contribution is 0.0695. The van der Waals surface area contributed by atoms with Crippen molar-refractivity contribution in [2.75, 3.05) is 5.73 Å². The molecule has 0 amide bonds. The van der Waals surface area contributed by atoms with Gasteiger partial charge in [0.15, 0.2) is 0 Å². The molecule has 28 heavy (non-hydrogen) atoms. The molecule has 142 valence electrons. The van der Waals surface area contributed by atoms with Crippen LogP contribution in [0.2, 0.25) is 0 Å². The van der Waals surface area contributed by atoms with Crippen molar-refractivity contribution in [3.05, 3.63) is 75.8 Å². The van der Waals surface area contributed by atoms with E-state index >= 15 is 0 Å². The summed E-state index contributed by atoms with van der Waals surface area (Å²) in [6, 6.07) is 11.4. The highest BCUT2D eigenvalue weighted by atomic mass is 16.5. The van der Waals surface area contributed by atoms with Crippen molar-refractivity contribution < 1.29 is 24.5 Å². The SMILES string of the molecule is Nc1[nH]c(=O)c(C(=O)O)c(-c2cccc(OCc3ccccn3)c2)c1C(=O)O. The molecule has 0 saturated heterocycles. The number of nitrogens with zero attached hydrogens (tertiary/aromatic N) is 1. The number of carboxylic acid groups (broad SMARTS) is 2. The van der Waals surface area contributed by atoms with E-state index in [-0.39, 0.29) is 17.7 Å². The van der Waals surface area contributed by atoms with Crippen molar-refractivity contribution in [3.63, 3.8) is 0 Å². The summed E-state index contributed by atoms with van der Waals surface area (Å²) in [5.74, 6) is -3.13. The average Bonchev–Trinajstić information content (AvgIpc) is 2.66. The van der Waals surface area contributed by atoms with Crippen LogP contribution in [0.4, 0.5) is 5.82 Å². The maximum absolute atomic E-state index is 12.1. The van der Waals surface area contributed by atoms with Gasteiger partial charge in [0.25, 0.3) is 5.56 Å². The fraction of sp³-hybridized carbons (Fsp3) is 0.0526. The second-order valence-electron chi connectivity index (χ2n) is 5.74. The van der Waals surface area contributed by atoms with E-state index in [2.05, 4.69) is 9.97 Å². The summed E-state index contributed by atoms with van der Waals surface area (Å²) in [6.45, 7) is 0.152. The molecule has 2 aromatic heterocycles. The fourth-order valence-corrected chi connectivity index (χ4v) is 2.72. The molecule has 0 saturated carbocycles. The molecule has 0 aliphatic carbocycles. The first kappa shape index (κ1) is 18.6. The first-order valence-electron chi connectivity index (χ1n) is 8.04. The number of rotatable bonds is 6. The molecule has 5 N–H and O–H groups in total. The number of nitrogens with one attached hydrogen (secondary N) is 1. The molecule has 0 aliphatic heterocycles. The van der Waals surface area contributed by atoms with Gasteiger partial charge in [0.2, 0.25) is 0 Å². The van der Waals surface area contributed by atoms with E-state index in [1.807, 2.05) is 0 Å². The number of aromatic nitrogens is 2. The standard InChI is InChI=1S/C19H15N3O6/c20-16-14(18(24)25)13(15(19(26)27)17(23)22-16)10-4-3-6-12(8-10)28-9-11-5-1-2-7-21-11/h1-8H,9H2,(H,24,25)(H,26,27)(H3,20,22,23). The van der Waals surface area contributed by atoms with Crippen LogP contribution in [0.5, 0.6) is 5.75 Å². The number of H-pyrrole nitrogens is 1. The maximum atomic E-state index is 12.1. The van der Waals surface area contributed by atoms with Crippen LogP contribution in [-0.2, 0) is 6.61 Å². The largest absolute Gasteiger partial charge is 0.487 e. The Hall–Kier alpha value is -4.14. The van der Waals surface area contributed by atoms with E-state index < -0.39 is 34.4 Å². The lowest BCUT2D eigenvalue weighted by atomic mass is 9.95. The summed E-state index contributed by atoms with van der Waals surface area (Å²) < 4.78 is 5.64. The Morgan fingerprint density at radius 1 is 1.07 bits per heavy atom. The fourth-order valence-electron chi connectivity index (χ4n) is 2.72. The number of nitrogens with two attached hydrogens (primary N) is 1. The lowest BCUT2D eigenvalue weighted by Crippen LogP contribution is -2.24. The highest BCUT2D eigenvalue weighted by molar-refractivity contribution is 6.07. The van der Waals surface area contributed by atoms with Gasteiger partial charge in [-0.25, -0.2) is 9.59 Å². The monoisotopic (exact) mass is 381 g/mol. The summed E-state index contributed by atoms with van der Waals surface area (Å²) in [5, 5.41) is 18.9. The van der Waals surface area contributed by atoms with Crippen LogP contribution in [0.1, 0.15) is 26.4 Å². The maximum Gasteiger partial charge on any atom is 0.342 e. The molecule has 2 heterocycles. The molecule has 0 bridgehead atoms. The number of nitrogen functional groups attached to an aromatic ring is 1. The van der Waals surface area contributed by atoms with Crippen molar-refractivity contribution in [2.24, 2.45) is 0 Å². The first-order valence-corrected chi connectivity index (χ1v) is 8.04. The zero-order valence-corrected chi connectivity index (χ0v) is 14.4. The molecule has 3 aromatic rings. The Kier molecular flexibility index (Phi) is 5.07. The molecule has 0 atom stereocenters. The van der Waals surface area contributed by atoms with Gasteiger partial charge in [-0.3, -0.25) is 9.78 Å². The van der Waals surface area contributed by atoms with Crippen LogP contribution in [0.15, 0.2) is 53.5 Å². The van der Waals surface area contributed by atoms with Crippen molar-refractivity contribution in [3.8, 4) is 16.9 Å². The van der Waals surface area contributed by atoms with Gasteiger partial charge in [-0.1, -0.05) is 18.2 Å². The molecule has 0 fully saturated rings. The van der Waals surface area contributed by atoms with Gasteiger partial charge in [0.1, 0.15) is 29.3 Å². The number of carbonyl (C=O) groups is 2. The van der Waals surface area contributed by atoms with E-state index in [0.717, 1.165) is 0 Å². The summed E-state index contributed by atoms with van der Waals surface area (Å²) in [6.07, 6.45) is 1.62. The molecule has 0 unspecified atom stereocenters. The summed E-state index contributed by atoms with van der Waals surface area (Å²) >= 11 is 0. The van der Waals surface area contributed by atoms with Gasteiger partial charge in [-0.05, 0) is 29.8 Å². The molecule has 0 aliphatic rings. The van der Waals surface area contributed by atoms with Crippen molar-refractivity contribution in [1.29, 1.82) is 0 Å². The zero-order valence-electron chi connectivity index (χ0n) is 14.4. The van der Waals surface area contributed by atoms with E-state index in [1.54, 1.807) is 36.5 Å². The van der Waals surface area contributed by atoms with Gasteiger partial charge in [-0.2, -0.15) is 0 Å². The predicted octanol–water partition coefficient (Wildman–Crippen LogP) is 1.99. The highest BCUT2D eigenvalue weighted by Crippen LogP contribution is 2.31. The van der Waals surface area contributed by atoms with Crippen molar-refractivity contribution in [1.82, 2.24) is 9.97 Å². The number of hydrogen-bond acceptors (Lipinski definition) is 6. The molecule has 9 heteroatoms. The minimum Gasteiger partial charge on any atom is -0.487 e. The second kappa shape index (κ2) is 7.62. The second-order valence-corrected chi connectivity index (χ2v) is 5.74. The summed E-state index contributed by atoms with van der Waals surface area (Å²) in [7, 11) is 0. The smallest absolute Gasteiger partial charge is 0.342 e. The zero-order chi connectivity index (χ0) is 20.3. The van der Waals surface area contributed by atoms with Crippen molar-refractivity contribution in [2.45, 2.75) is 6.61 Å². The Balaban J connectivity index is 2.09. The number of aromatic amines is 1. The molecule has 0 radical (unpaired) electrons. The Morgan fingerprint density at radius 3 is 2.46 bits per heavy atom. The van der Waals surface area contributed by atoms with Crippen molar-refractivity contribution >= 4 is 17.8 Å². The van der Waals surface area contributed by atoms with E-state index in [4.69, 9.17) is 10.5 Å². The number of ether oxygens (including phenoxy) is 1. The third kappa shape index (κ3) is 3.68. The molecule has 1 aromatic carbocycles. The van der Waals surface area contributed by atoms with Crippen LogP contribution >= 0.6 is 0 Å². The molecule has 3 rings (SSSR count). The third-order valence-electron chi connectivity index (χ3n) is 3.91. The number of aromatic carboxylic acids is 2. The number of carboxylic acids is 2.